The zero-order valence-corrected chi connectivity index (χ0v) is 16.0. The monoisotopic (exact) mass is 399 g/mol. The number of benzene rings is 2. The van der Waals surface area contributed by atoms with Crippen LogP contribution in [0, 0.1) is 10.1 Å². The van der Waals surface area contributed by atoms with Gasteiger partial charge in [0.2, 0.25) is 5.91 Å². The quantitative estimate of drug-likeness (QED) is 0.399. The summed E-state index contributed by atoms with van der Waals surface area (Å²) in [4.78, 5) is 46.4. The van der Waals surface area contributed by atoms with E-state index in [4.69, 9.17) is 4.74 Å². The fourth-order valence-electron chi connectivity index (χ4n) is 2.62. The lowest BCUT2D eigenvalue weighted by molar-refractivity contribution is -0.383. The number of nitrogens with zero attached hydrogens (tertiary/aromatic N) is 1. The summed E-state index contributed by atoms with van der Waals surface area (Å²) in [7, 11) is 0. The average molecular weight is 399 g/mol. The van der Waals surface area contributed by atoms with Gasteiger partial charge in [0.15, 0.2) is 6.10 Å². The van der Waals surface area contributed by atoms with Crippen LogP contribution >= 0.6 is 0 Å². The van der Waals surface area contributed by atoms with E-state index in [-0.39, 0.29) is 23.7 Å². The average Bonchev–Trinajstić information content (AvgIpc) is 2.68. The van der Waals surface area contributed by atoms with Gasteiger partial charge in [0.1, 0.15) is 5.69 Å². The largest absolute Gasteiger partial charge is 0.452 e. The van der Waals surface area contributed by atoms with Crippen molar-refractivity contribution in [3.8, 4) is 0 Å². The third kappa shape index (κ3) is 6.42. The molecule has 2 amide bonds. The van der Waals surface area contributed by atoms with Crippen molar-refractivity contribution in [1.29, 1.82) is 0 Å². The first-order valence-electron chi connectivity index (χ1n) is 8.83. The van der Waals surface area contributed by atoms with Gasteiger partial charge in [-0.2, -0.15) is 0 Å². The zero-order valence-electron chi connectivity index (χ0n) is 16.0. The van der Waals surface area contributed by atoms with Gasteiger partial charge < -0.3 is 15.4 Å². The molecular formula is C20H21N3O6. The van der Waals surface area contributed by atoms with E-state index in [0.29, 0.717) is 0 Å². The molecule has 0 saturated carbocycles. The zero-order chi connectivity index (χ0) is 21.4. The molecule has 0 aromatic heterocycles. The molecular weight excluding hydrogens is 378 g/mol. The number of carbonyl (C=O) groups excluding carboxylic acids is 3. The van der Waals surface area contributed by atoms with Crippen LogP contribution in [0.3, 0.4) is 0 Å². The second-order valence-corrected chi connectivity index (χ2v) is 6.26. The third-order valence-electron chi connectivity index (χ3n) is 3.99. The summed E-state index contributed by atoms with van der Waals surface area (Å²) in [6.07, 6.45) is -1.36. The Morgan fingerprint density at radius 2 is 1.69 bits per heavy atom. The first-order chi connectivity index (χ1) is 13.8. The van der Waals surface area contributed by atoms with E-state index in [1.165, 1.54) is 38.1 Å². The number of anilines is 1. The maximum absolute atomic E-state index is 12.3. The normalized spacial score (nSPS) is 12.3. The van der Waals surface area contributed by atoms with Gasteiger partial charge in [-0.15, -0.1) is 0 Å². The highest BCUT2D eigenvalue weighted by Gasteiger charge is 2.24. The lowest BCUT2D eigenvalue weighted by Crippen LogP contribution is -2.33. The van der Waals surface area contributed by atoms with E-state index in [2.05, 4.69) is 10.6 Å². The number of nitro benzene ring substituents is 1. The van der Waals surface area contributed by atoms with E-state index in [1.54, 1.807) is 24.3 Å². The molecule has 9 heteroatoms. The molecule has 2 N–H and O–H groups in total. The first-order valence-corrected chi connectivity index (χ1v) is 8.83. The lowest BCUT2D eigenvalue weighted by Gasteiger charge is -2.19. The molecule has 0 fully saturated rings. The van der Waals surface area contributed by atoms with Crippen LogP contribution < -0.4 is 10.6 Å². The number of carbonyl (C=O) groups is 3. The van der Waals surface area contributed by atoms with Crippen LogP contribution in [0.25, 0.3) is 0 Å². The van der Waals surface area contributed by atoms with Crippen LogP contribution in [0.4, 0.5) is 11.4 Å². The number of hydrogen-bond donors (Lipinski definition) is 2. The molecule has 2 aromatic carbocycles. The van der Waals surface area contributed by atoms with Crippen LogP contribution in [0.5, 0.6) is 0 Å². The molecule has 2 aromatic rings. The summed E-state index contributed by atoms with van der Waals surface area (Å²) < 4.78 is 5.15. The summed E-state index contributed by atoms with van der Waals surface area (Å²) in [5.74, 6) is -1.71. The molecule has 0 radical (unpaired) electrons. The van der Waals surface area contributed by atoms with Gasteiger partial charge in [-0.25, -0.2) is 0 Å². The molecule has 2 atom stereocenters. The number of hydrogen-bond acceptors (Lipinski definition) is 6. The summed E-state index contributed by atoms with van der Waals surface area (Å²) in [5, 5.41) is 16.1. The highest BCUT2D eigenvalue weighted by atomic mass is 16.6. The molecule has 0 aliphatic heterocycles. The van der Waals surface area contributed by atoms with Crippen LogP contribution in [-0.2, 0) is 19.1 Å². The SMILES string of the molecule is CC(=O)N[C@@H](CC(=O)O[C@@H](C)C(=O)Nc1ccccc1[N+](=O)[O-])c1ccccc1. The Labute approximate surface area is 167 Å². The van der Waals surface area contributed by atoms with Gasteiger partial charge in [0, 0.05) is 13.0 Å². The third-order valence-corrected chi connectivity index (χ3v) is 3.99. The minimum absolute atomic E-state index is 0.00538. The molecule has 9 nitrogen and oxygen atoms in total. The number of amides is 2. The summed E-state index contributed by atoms with van der Waals surface area (Å²) >= 11 is 0. The van der Waals surface area contributed by atoms with Crippen molar-refractivity contribution in [2.45, 2.75) is 32.4 Å². The molecule has 0 aliphatic rings. The van der Waals surface area contributed by atoms with Crippen LogP contribution in [0.15, 0.2) is 54.6 Å². The topological polar surface area (TPSA) is 128 Å². The van der Waals surface area contributed by atoms with E-state index in [1.807, 2.05) is 6.07 Å². The molecule has 152 valence electrons. The van der Waals surface area contributed by atoms with Gasteiger partial charge in [0.05, 0.1) is 17.4 Å². The van der Waals surface area contributed by atoms with Gasteiger partial charge in [0.25, 0.3) is 11.6 Å². The molecule has 29 heavy (non-hydrogen) atoms. The van der Waals surface area contributed by atoms with E-state index < -0.39 is 28.9 Å². The van der Waals surface area contributed by atoms with Crippen molar-refractivity contribution in [3.63, 3.8) is 0 Å². The molecule has 0 bridgehead atoms. The summed E-state index contributed by atoms with van der Waals surface area (Å²) in [6, 6.07) is 13.9. The van der Waals surface area contributed by atoms with Crippen molar-refractivity contribution >= 4 is 29.2 Å². The fraction of sp³-hybridized carbons (Fsp3) is 0.250. The highest BCUT2D eigenvalue weighted by Crippen LogP contribution is 2.23. The summed E-state index contributed by atoms with van der Waals surface area (Å²) in [5.41, 5.74) is 0.455. The summed E-state index contributed by atoms with van der Waals surface area (Å²) in [6.45, 7) is 2.70. The van der Waals surface area contributed by atoms with E-state index >= 15 is 0 Å². The number of rotatable bonds is 8. The second-order valence-electron chi connectivity index (χ2n) is 6.26. The van der Waals surface area contributed by atoms with Crippen LogP contribution in [-0.4, -0.2) is 28.8 Å². The van der Waals surface area contributed by atoms with Crippen molar-refractivity contribution < 1.29 is 24.0 Å². The molecule has 0 heterocycles. The maximum Gasteiger partial charge on any atom is 0.309 e. The highest BCUT2D eigenvalue weighted by molar-refractivity contribution is 5.96. The van der Waals surface area contributed by atoms with Crippen LogP contribution in [0.2, 0.25) is 0 Å². The van der Waals surface area contributed by atoms with Gasteiger partial charge in [-0.3, -0.25) is 24.5 Å². The fourth-order valence-corrected chi connectivity index (χ4v) is 2.62. The number of para-hydroxylation sites is 2. The Hall–Kier alpha value is -3.75. The first kappa shape index (κ1) is 21.5. The van der Waals surface area contributed by atoms with Crippen molar-refractivity contribution in [1.82, 2.24) is 5.32 Å². The Morgan fingerprint density at radius 3 is 2.31 bits per heavy atom. The number of ether oxygens (including phenoxy) is 1. The Morgan fingerprint density at radius 1 is 1.07 bits per heavy atom. The molecule has 0 spiro atoms. The molecule has 0 unspecified atom stereocenters. The van der Waals surface area contributed by atoms with Gasteiger partial charge in [-0.05, 0) is 18.6 Å². The van der Waals surface area contributed by atoms with Gasteiger partial charge >= 0.3 is 5.97 Å². The number of nitro groups is 1. The second kappa shape index (κ2) is 9.98. The standard InChI is InChI=1S/C20H21N3O6/c1-13(20(26)22-16-10-6-7-11-18(16)23(27)28)29-19(25)12-17(21-14(2)24)15-8-4-3-5-9-15/h3-11,13,17H,12H2,1-2H3,(H,21,24)(H,22,26)/t13-,17-/m0/s1. The number of nitrogens with one attached hydrogen (secondary N) is 2. The minimum Gasteiger partial charge on any atom is -0.452 e. The Balaban J connectivity index is 2.01. The van der Waals surface area contributed by atoms with Crippen molar-refractivity contribution in [2.75, 3.05) is 5.32 Å². The number of esters is 1. The Kier molecular flexibility index (Phi) is 7.41. The molecule has 2 rings (SSSR count). The molecule has 0 saturated heterocycles. The smallest absolute Gasteiger partial charge is 0.309 e. The predicted molar refractivity (Wildman–Crippen MR) is 105 cm³/mol. The maximum atomic E-state index is 12.3. The van der Waals surface area contributed by atoms with E-state index in [0.717, 1.165) is 5.56 Å². The van der Waals surface area contributed by atoms with Gasteiger partial charge in [-0.1, -0.05) is 42.5 Å². The lowest BCUT2D eigenvalue weighted by atomic mass is 10.0. The van der Waals surface area contributed by atoms with Crippen molar-refractivity contribution in [2.24, 2.45) is 0 Å². The van der Waals surface area contributed by atoms with Crippen LogP contribution in [0.1, 0.15) is 31.9 Å². The predicted octanol–water partition coefficient (Wildman–Crippen LogP) is 2.73. The van der Waals surface area contributed by atoms with E-state index in [9.17, 15) is 24.5 Å². The molecule has 0 aliphatic carbocycles. The minimum atomic E-state index is -1.18. The van der Waals surface area contributed by atoms with Crippen molar-refractivity contribution in [3.05, 3.63) is 70.3 Å². The Bertz CT molecular complexity index is 900.